The minimum absolute atomic E-state index is 0.240. The van der Waals surface area contributed by atoms with Gasteiger partial charge in [0.15, 0.2) is 0 Å². The van der Waals surface area contributed by atoms with Crippen molar-refractivity contribution in [3.63, 3.8) is 0 Å². The second kappa shape index (κ2) is 3.90. The van der Waals surface area contributed by atoms with Crippen LogP contribution in [-0.2, 0) is 0 Å². The maximum atomic E-state index is 12.8. The van der Waals surface area contributed by atoms with E-state index in [1.54, 1.807) is 18.3 Å². The Morgan fingerprint density at radius 2 is 1.88 bits per heavy atom. The first-order chi connectivity index (χ1) is 8.33. The first-order valence-electron chi connectivity index (χ1n) is 5.27. The van der Waals surface area contributed by atoms with Crippen LogP contribution in [0.5, 0.6) is 0 Å². The molecule has 0 aliphatic rings. The number of benzene rings is 2. The standard InChI is InChI=1S/C13H10FN3/c14-10-4-6-11(7-5-10)16-12-3-1-2-9-8-15-17-13(9)12/h1-8,16H,(H,15,17). The minimum Gasteiger partial charge on any atom is -0.354 e. The highest BCUT2D eigenvalue weighted by atomic mass is 19.1. The van der Waals surface area contributed by atoms with Crippen LogP contribution in [0.1, 0.15) is 0 Å². The number of aromatic amines is 1. The van der Waals surface area contributed by atoms with Crippen LogP contribution >= 0.6 is 0 Å². The molecule has 0 spiro atoms. The molecule has 84 valence electrons. The van der Waals surface area contributed by atoms with E-state index in [4.69, 9.17) is 0 Å². The van der Waals surface area contributed by atoms with Gasteiger partial charge in [0.2, 0.25) is 0 Å². The summed E-state index contributed by atoms with van der Waals surface area (Å²) in [6.07, 6.45) is 1.77. The third kappa shape index (κ3) is 1.85. The van der Waals surface area contributed by atoms with Crippen LogP contribution in [-0.4, -0.2) is 10.2 Å². The van der Waals surface area contributed by atoms with Gasteiger partial charge in [-0.2, -0.15) is 5.10 Å². The lowest BCUT2D eigenvalue weighted by molar-refractivity contribution is 0.628. The van der Waals surface area contributed by atoms with E-state index in [-0.39, 0.29) is 5.82 Å². The highest BCUT2D eigenvalue weighted by molar-refractivity contribution is 5.91. The van der Waals surface area contributed by atoms with E-state index in [9.17, 15) is 4.39 Å². The van der Waals surface area contributed by atoms with Gasteiger partial charge in [0.1, 0.15) is 5.82 Å². The first-order valence-corrected chi connectivity index (χ1v) is 5.27. The van der Waals surface area contributed by atoms with Crippen molar-refractivity contribution in [1.29, 1.82) is 0 Å². The van der Waals surface area contributed by atoms with E-state index in [1.807, 2.05) is 18.2 Å². The molecule has 3 rings (SSSR count). The largest absolute Gasteiger partial charge is 0.354 e. The highest BCUT2D eigenvalue weighted by Gasteiger charge is 2.02. The van der Waals surface area contributed by atoms with Gasteiger partial charge in [0.25, 0.3) is 0 Å². The van der Waals surface area contributed by atoms with Gasteiger partial charge in [0, 0.05) is 11.1 Å². The van der Waals surface area contributed by atoms with E-state index >= 15 is 0 Å². The van der Waals surface area contributed by atoms with Crippen molar-refractivity contribution in [2.75, 3.05) is 5.32 Å². The summed E-state index contributed by atoms with van der Waals surface area (Å²) >= 11 is 0. The van der Waals surface area contributed by atoms with E-state index < -0.39 is 0 Å². The lowest BCUT2D eigenvalue weighted by Crippen LogP contribution is -1.91. The van der Waals surface area contributed by atoms with Crippen LogP contribution in [0.3, 0.4) is 0 Å². The molecule has 1 heterocycles. The molecular formula is C13H10FN3. The zero-order valence-corrected chi connectivity index (χ0v) is 8.94. The second-order valence-corrected chi connectivity index (χ2v) is 3.77. The third-order valence-electron chi connectivity index (χ3n) is 2.60. The molecule has 0 aliphatic heterocycles. The van der Waals surface area contributed by atoms with Gasteiger partial charge in [0.05, 0.1) is 17.4 Å². The van der Waals surface area contributed by atoms with Gasteiger partial charge in [-0.05, 0) is 30.3 Å². The van der Waals surface area contributed by atoms with Gasteiger partial charge in [-0.25, -0.2) is 4.39 Å². The van der Waals surface area contributed by atoms with E-state index in [1.165, 1.54) is 12.1 Å². The quantitative estimate of drug-likeness (QED) is 0.704. The summed E-state index contributed by atoms with van der Waals surface area (Å²) in [4.78, 5) is 0. The van der Waals surface area contributed by atoms with Crippen LogP contribution in [0.2, 0.25) is 0 Å². The summed E-state index contributed by atoms with van der Waals surface area (Å²) in [5.74, 6) is -0.240. The molecule has 0 unspecified atom stereocenters. The number of aromatic nitrogens is 2. The molecule has 2 aromatic carbocycles. The van der Waals surface area contributed by atoms with Crippen molar-refractivity contribution in [2.45, 2.75) is 0 Å². The molecule has 2 N–H and O–H groups in total. The predicted octanol–water partition coefficient (Wildman–Crippen LogP) is 3.45. The monoisotopic (exact) mass is 227 g/mol. The maximum absolute atomic E-state index is 12.8. The molecule has 0 fully saturated rings. The zero-order valence-electron chi connectivity index (χ0n) is 8.94. The third-order valence-corrected chi connectivity index (χ3v) is 2.60. The molecule has 0 radical (unpaired) electrons. The molecule has 0 bridgehead atoms. The Labute approximate surface area is 97.3 Å². The Hall–Kier alpha value is -2.36. The Morgan fingerprint density at radius 1 is 1.06 bits per heavy atom. The normalized spacial score (nSPS) is 10.6. The van der Waals surface area contributed by atoms with Crippen LogP contribution in [0.25, 0.3) is 10.9 Å². The molecule has 1 aromatic heterocycles. The number of hydrogen-bond donors (Lipinski definition) is 2. The average Bonchev–Trinajstić information content (AvgIpc) is 2.81. The maximum Gasteiger partial charge on any atom is 0.123 e. The van der Waals surface area contributed by atoms with Gasteiger partial charge < -0.3 is 5.32 Å². The molecule has 4 heteroatoms. The molecule has 0 saturated heterocycles. The Bertz CT molecular complexity index is 643. The summed E-state index contributed by atoms with van der Waals surface area (Å²) in [5, 5.41) is 11.2. The summed E-state index contributed by atoms with van der Waals surface area (Å²) in [6.45, 7) is 0. The number of nitrogens with zero attached hydrogens (tertiary/aromatic N) is 1. The topological polar surface area (TPSA) is 40.7 Å². The van der Waals surface area contributed by atoms with Crippen LogP contribution in [0.15, 0.2) is 48.7 Å². The molecule has 17 heavy (non-hydrogen) atoms. The fraction of sp³-hybridized carbons (Fsp3) is 0. The molecule has 0 aliphatic carbocycles. The van der Waals surface area contributed by atoms with Crippen molar-refractivity contribution in [1.82, 2.24) is 10.2 Å². The summed E-state index contributed by atoms with van der Waals surface area (Å²) in [6, 6.07) is 12.1. The van der Waals surface area contributed by atoms with Gasteiger partial charge in [-0.3, -0.25) is 5.10 Å². The molecule has 3 aromatic rings. The number of hydrogen-bond acceptors (Lipinski definition) is 2. The fourth-order valence-corrected chi connectivity index (χ4v) is 1.76. The van der Waals surface area contributed by atoms with E-state index in [0.29, 0.717) is 0 Å². The first kappa shape index (κ1) is 9.84. The summed E-state index contributed by atoms with van der Waals surface area (Å²) < 4.78 is 12.8. The predicted molar refractivity (Wildman–Crippen MR) is 65.8 cm³/mol. The Balaban J connectivity index is 1.99. The summed E-state index contributed by atoms with van der Waals surface area (Å²) in [5.41, 5.74) is 2.71. The molecule has 0 amide bonds. The van der Waals surface area contributed by atoms with Crippen molar-refractivity contribution < 1.29 is 4.39 Å². The lowest BCUT2D eigenvalue weighted by atomic mass is 10.2. The number of rotatable bonds is 2. The van der Waals surface area contributed by atoms with Gasteiger partial charge in [-0.15, -0.1) is 0 Å². The molecule has 0 atom stereocenters. The lowest BCUT2D eigenvalue weighted by Gasteiger charge is -2.06. The average molecular weight is 227 g/mol. The highest BCUT2D eigenvalue weighted by Crippen LogP contribution is 2.24. The fourth-order valence-electron chi connectivity index (χ4n) is 1.76. The number of H-pyrrole nitrogens is 1. The Kier molecular flexibility index (Phi) is 2.26. The molecular weight excluding hydrogens is 217 g/mol. The Morgan fingerprint density at radius 3 is 2.71 bits per heavy atom. The molecule has 3 nitrogen and oxygen atoms in total. The number of para-hydroxylation sites is 1. The minimum atomic E-state index is -0.240. The number of nitrogens with one attached hydrogen (secondary N) is 2. The van der Waals surface area contributed by atoms with Gasteiger partial charge in [-0.1, -0.05) is 12.1 Å². The van der Waals surface area contributed by atoms with Crippen molar-refractivity contribution in [2.24, 2.45) is 0 Å². The number of anilines is 2. The van der Waals surface area contributed by atoms with Crippen LogP contribution in [0.4, 0.5) is 15.8 Å². The van der Waals surface area contributed by atoms with Crippen molar-refractivity contribution >= 4 is 22.3 Å². The van der Waals surface area contributed by atoms with Crippen LogP contribution in [0, 0.1) is 5.82 Å². The van der Waals surface area contributed by atoms with Crippen molar-refractivity contribution in [3.05, 3.63) is 54.5 Å². The van der Waals surface area contributed by atoms with Crippen molar-refractivity contribution in [3.8, 4) is 0 Å². The van der Waals surface area contributed by atoms with E-state index in [2.05, 4.69) is 15.5 Å². The number of fused-ring (bicyclic) bond motifs is 1. The second-order valence-electron chi connectivity index (χ2n) is 3.77. The SMILES string of the molecule is Fc1ccc(Nc2cccc3cn[nH]c23)cc1. The zero-order chi connectivity index (χ0) is 11.7. The van der Waals surface area contributed by atoms with Gasteiger partial charge >= 0.3 is 0 Å². The molecule has 0 saturated carbocycles. The smallest absolute Gasteiger partial charge is 0.123 e. The summed E-state index contributed by atoms with van der Waals surface area (Å²) in [7, 11) is 0. The van der Waals surface area contributed by atoms with E-state index in [0.717, 1.165) is 22.3 Å². The number of halogens is 1. The van der Waals surface area contributed by atoms with Crippen LogP contribution < -0.4 is 5.32 Å².